The lowest BCUT2D eigenvalue weighted by Gasteiger charge is -2.32. The van der Waals surface area contributed by atoms with Gasteiger partial charge in [0, 0.05) is 42.2 Å². The Kier molecular flexibility index (Phi) is 5.51. The van der Waals surface area contributed by atoms with E-state index in [4.69, 9.17) is 9.97 Å². The smallest absolute Gasteiger partial charge is 0.115 e. The van der Waals surface area contributed by atoms with Crippen molar-refractivity contribution in [2.24, 2.45) is 0 Å². The molecule has 31 heavy (non-hydrogen) atoms. The first-order valence-electron chi connectivity index (χ1n) is 11.2. The molecule has 0 atom stereocenters. The van der Waals surface area contributed by atoms with Gasteiger partial charge in [-0.25, -0.2) is 4.98 Å². The van der Waals surface area contributed by atoms with E-state index in [9.17, 15) is 0 Å². The molecule has 5 nitrogen and oxygen atoms in total. The molecule has 0 radical (unpaired) electrons. The van der Waals surface area contributed by atoms with Gasteiger partial charge in [0.25, 0.3) is 0 Å². The maximum absolute atomic E-state index is 5.17. The molecule has 5 rings (SSSR count). The fraction of sp³-hybridized carbons (Fsp3) is 0.346. The zero-order chi connectivity index (χ0) is 21.2. The second-order valence-corrected chi connectivity index (χ2v) is 8.78. The molecule has 0 spiro atoms. The number of hydrogen-bond donors (Lipinski definition) is 0. The largest absolute Gasteiger partial charge is 0.328 e. The molecule has 5 heteroatoms. The molecular formula is C26H29N5. The van der Waals surface area contributed by atoms with Crippen LogP contribution in [-0.4, -0.2) is 37.5 Å². The number of fused-ring (bicyclic) bond motifs is 1. The lowest BCUT2D eigenvalue weighted by Crippen LogP contribution is -2.32. The first-order valence-corrected chi connectivity index (χ1v) is 11.2. The predicted molar refractivity (Wildman–Crippen MR) is 125 cm³/mol. The molecule has 158 valence electrons. The van der Waals surface area contributed by atoms with E-state index in [1.807, 2.05) is 18.7 Å². The Morgan fingerprint density at radius 2 is 1.74 bits per heavy atom. The van der Waals surface area contributed by atoms with Gasteiger partial charge in [0.15, 0.2) is 0 Å². The highest BCUT2D eigenvalue weighted by Gasteiger charge is 2.24. The van der Waals surface area contributed by atoms with Crippen molar-refractivity contribution in [2.45, 2.75) is 45.2 Å². The van der Waals surface area contributed by atoms with E-state index in [2.05, 4.69) is 76.8 Å². The molecule has 0 amide bonds. The van der Waals surface area contributed by atoms with E-state index in [0.717, 1.165) is 49.2 Å². The molecule has 0 saturated carbocycles. The Bertz CT molecular complexity index is 1140. The molecule has 1 fully saturated rings. The van der Waals surface area contributed by atoms with Crippen molar-refractivity contribution < 1.29 is 0 Å². The van der Waals surface area contributed by atoms with E-state index in [1.54, 1.807) is 0 Å². The third-order valence-electron chi connectivity index (χ3n) is 6.35. The van der Waals surface area contributed by atoms with Gasteiger partial charge in [0.2, 0.25) is 0 Å². The third-order valence-corrected chi connectivity index (χ3v) is 6.35. The van der Waals surface area contributed by atoms with Crippen LogP contribution >= 0.6 is 0 Å². The van der Waals surface area contributed by atoms with Gasteiger partial charge in [0.1, 0.15) is 5.52 Å². The van der Waals surface area contributed by atoms with Crippen molar-refractivity contribution in [3.05, 3.63) is 78.5 Å². The highest BCUT2D eigenvalue weighted by atomic mass is 15.1. The molecule has 1 saturated heterocycles. The number of likely N-dealkylation sites (tertiary alicyclic amines) is 1. The van der Waals surface area contributed by atoms with Crippen molar-refractivity contribution in [1.82, 2.24) is 24.4 Å². The Morgan fingerprint density at radius 3 is 2.45 bits per heavy atom. The van der Waals surface area contributed by atoms with Gasteiger partial charge in [-0.05, 0) is 63.5 Å². The van der Waals surface area contributed by atoms with Crippen molar-refractivity contribution in [3.8, 4) is 11.3 Å². The molecular weight excluding hydrogens is 382 g/mol. The van der Waals surface area contributed by atoms with Crippen LogP contribution in [-0.2, 0) is 6.54 Å². The minimum Gasteiger partial charge on any atom is -0.328 e. The van der Waals surface area contributed by atoms with E-state index in [0.29, 0.717) is 12.0 Å². The number of pyridine rings is 2. The van der Waals surface area contributed by atoms with Gasteiger partial charge >= 0.3 is 0 Å². The van der Waals surface area contributed by atoms with Crippen LogP contribution in [0.2, 0.25) is 0 Å². The summed E-state index contributed by atoms with van der Waals surface area (Å²) in [5, 5.41) is 0. The normalized spacial score (nSPS) is 15.7. The average Bonchev–Trinajstić information content (AvgIpc) is 3.25. The fourth-order valence-corrected chi connectivity index (χ4v) is 4.60. The van der Waals surface area contributed by atoms with Crippen molar-refractivity contribution >= 4 is 11.0 Å². The second kappa shape index (κ2) is 8.60. The summed E-state index contributed by atoms with van der Waals surface area (Å²) in [6, 6.07) is 17.4. The van der Waals surface area contributed by atoms with Gasteiger partial charge in [-0.2, -0.15) is 0 Å². The summed E-state index contributed by atoms with van der Waals surface area (Å²) in [4.78, 5) is 16.6. The quantitative estimate of drug-likeness (QED) is 0.438. The molecule has 0 aliphatic carbocycles. The predicted octanol–water partition coefficient (Wildman–Crippen LogP) is 5.45. The molecule has 1 aliphatic heterocycles. The van der Waals surface area contributed by atoms with Crippen LogP contribution in [0, 0.1) is 0 Å². The summed E-state index contributed by atoms with van der Waals surface area (Å²) >= 11 is 0. The number of benzene rings is 1. The van der Waals surface area contributed by atoms with Crippen LogP contribution < -0.4 is 0 Å². The van der Waals surface area contributed by atoms with Crippen LogP contribution in [0.1, 0.15) is 49.9 Å². The first-order chi connectivity index (χ1) is 15.2. The zero-order valence-corrected chi connectivity index (χ0v) is 18.3. The number of aromatic nitrogens is 4. The summed E-state index contributed by atoms with van der Waals surface area (Å²) in [5.41, 5.74) is 6.87. The summed E-state index contributed by atoms with van der Waals surface area (Å²) in [6.45, 7) is 7.60. The van der Waals surface area contributed by atoms with E-state index >= 15 is 0 Å². The topological polar surface area (TPSA) is 46.8 Å². The summed E-state index contributed by atoms with van der Waals surface area (Å²) in [7, 11) is 0. The second-order valence-electron chi connectivity index (χ2n) is 8.78. The van der Waals surface area contributed by atoms with Gasteiger partial charge in [-0.1, -0.05) is 30.3 Å². The standard InChI is InChI=1S/C26H29N5/c1-19(2)31-18-28-26-24(31)16-23(29-25(26)22-6-4-3-5-7-22)21-10-14-30(15-11-21)17-20-8-12-27-13-9-20/h3-9,12-13,16,18-19,21H,10-11,14-15,17H2,1-2H3. The van der Waals surface area contributed by atoms with E-state index in [-0.39, 0.29) is 0 Å². The molecule has 1 aliphatic rings. The van der Waals surface area contributed by atoms with Crippen LogP contribution in [0.15, 0.2) is 67.3 Å². The third kappa shape index (κ3) is 4.10. The highest BCUT2D eigenvalue weighted by molar-refractivity contribution is 5.90. The molecule has 1 aromatic carbocycles. The fourth-order valence-electron chi connectivity index (χ4n) is 4.60. The van der Waals surface area contributed by atoms with E-state index < -0.39 is 0 Å². The zero-order valence-electron chi connectivity index (χ0n) is 18.3. The minimum atomic E-state index is 0.367. The number of rotatable bonds is 5. The summed E-state index contributed by atoms with van der Waals surface area (Å²) in [5.74, 6) is 0.482. The van der Waals surface area contributed by atoms with Crippen molar-refractivity contribution in [1.29, 1.82) is 0 Å². The maximum Gasteiger partial charge on any atom is 0.115 e. The Labute approximate surface area is 183 Å². The lowest BCUT2D eigenvalue weighted by molar-refractivity contribution is 0.203. The molecule has 4 aromatic rings. The van der Waals surface area contributed by atoms with E-state index in [1.165, 1.54) is 16.8 Å². The van der Waals surface area contributed by atoms with Gasteiger partial charge in [0.05, 0.1) is 17.5 Å². The van der Waals surface area contributed by atoms with Crippen LogP contribution in [0.3, 0.4) is 0 Å². The molecule has 0 N–H and O–H groups in total. The van der Waals surface area contributed by atoms with Gasteiger partial charge in [-0.15, -0.1) is 0 Å². The van der Waals surface area contributed by atoms with Crippen molar-refractivity contribution in [2.75, 3.05) is 13.1 Å². The van der Waals surface area contributed by atoms with Crippen LogP contribution in [0.25, 0.3) is 22.3 Å². The Balaban J connectivity index is 1.44. The Hall–Kier alpha value is -3.05. The highest BCUT2D eigenvalue weighted by Crippen LogP contribution is 2.34. The molecule has 3 aromatic heterocycles. The van der Waals surface area contributed by atoms with Crippen LogP contribution in [0.4, 0.5) is 0 Å². The van der Waals surface area contributed by atoms with Crippen molar-refractivity contribution in [3.63, 3.8) is 0 Å². The number of hydrogen-bond acceptors (Lipinski definition) is 4. The first kappa shape index (κ1) is 19.9. The summed E-state index contributed by atoms with van der Waals surface area (Å²) < 4.78 is 2.27. The van der Waals surface area contributed by atoms with Crippen LogP contribution in [0.5, 0.6) is 0 Å². The maximum atomic E-state index is 5.17. The molecule has 0 unspecified atom stereocenters. The molecule has 4 heterocycles. The summed E-state index contributed by atoms with van der Waals surface area (Å²) in [6.07, 6.45) is 7.99. The minimum absolute atomic E-state index is 0.367. The lowest BCUT2D eigenvalue weighted by atomic mass is 9.92. The average molecular weight is 412 g/mol. The number of imidazole rings is 1. The SMILES string of the molecule is CC(C)n1cnc2c(-c3ccccc3)nc(C3CCN(Cc4ccncc4)CC3)cc21. The monoisotopic (exact) mass is 411 g/mol. The molecule has 0 bridgehead atoms. The number of piperidine rings is 1. The Morgan fingerprint density at radius 1 is 1.00 bits per heavy atom. The number of nitrogens with zero attached hydrogens (tertiary/aromatic N) is 5. The van der Waals surface area contributed by atoms with Gasteiger partial charge in [-0.3, -0.25) is 14.9 Å². The van der Waals surface area contributed by atoms with Gasteiger partial charge < -0.3 is 4.57 Å².